The fourth-order valence-electron chi connectivity index (χ4n) is 3.27. The summed E-state index contributed by atoms with van der Waals surface area (Å²) < 4.78 is 5.26. The van der Waals surface area contributed by atoms with Crippen molar-refractivity contribution >= 4 is 21.7 Å². The second-order valence-electron chi connectivity index (χ2n) is 6.32. The van der Waals surface area contributed by atoms with Gasteiger partial charge in [-0.25, -0.2) is 19.9 Å². The highest BCUT2D eigenvalue weighted by molar-refractivity contribution is 9.10. The summed E-state index contributed by atoms with van der Waals surface area (Å²) in [6.07, 6.45) is 12.9. The monoisotopic (exact) mass is 401 g/mol. The Kier molecular flexibility index (Phi) is 4.52. The van der Waals surface area contributed by atoms with Crippen molar-refractivity contribution in [3.63, 3.8) is 0 Å². The summed E-state index contributed by atoms with van der Waals surface area (Å²) in [5.41, 5.74) is 6.52. The van der Waals surface area contributed by atoms with Crippen LogP contribution in [0.1, 0.15) is 36.0 Å². The van der Waals surface area contributed by atoms with Crippen molar-refractivity contribution in [2.45, 2.75) is 45.2 Å². The van der Waals surface area contributed by atoms with Crippen molar-refractivity contribution < 1.29 is 0 Å². The van der Waals surface area contributed by atoms with Crippen LogP contribution in [0.2, 0.25) is 0 Å². The van der Waals surface area contributed by atoms with Gasteiger partial charge >= 0.3 is 0 Å². The van der Waals surface area contributed by atoms with Gasteiger partial charge in [0.05, 0.1) is 16.6 Å². The number of hydrogen-bond acceptors (Lipinski definition) is 5. The van der Waals surface area contributed by atoms with E-state index in [1.807, 2.05) is 6.20 Å². The lowest BCUT2D eigenvalue weighted by Crippen LogP contribution is -1.96. The van der Waals surface area contributed by atoms with E-state index in [1.165, 1.54) is 18.7 Å². The summed E-state index contributed by atoms with van der Waals surface area (Å²) in [4.78, 5) is 17.2. The number of nitrogen functional groups attached to an aromatic ring is 1. The van der Waals surface area contributed by atoms with Crippen LogP contribution in [-0.2, 0) is 32.4 Å². The van der Waals surface area contributed by atoms with E-state index >= 15 is 0 Å². The number of aromatic nitrogens is 6. The number of nitrogens with two attached hydrogens (primary N) is 1. The van der Waals surface area contributed by atoms with Gasteiger partial charge in [0.2, 0.25) is 0 Å². The predicted octanol–water partition coefficient (Wildman–Crippen LogP) is 2.38. The zero-order valence-electron chi connectivity index (χ0n) is 13.9. The number of nitrogens with zero attached hydrogens (tertiary/aromatic N) is 6. The SMILES string of the molecule is Brc1cnc(Cc2cn3c(n2)CCC3)nc1.Nc1cn2c(n1)CCC2. The Morgan fingerprint density at radius 2 is 1.60 bits per heavy atom. The highest BCUT2D eigenvalue weighted by Gasteiger charge is 2.14. The topological polar surface area (TPSA) is 87.4 Å². The molecule has 25 heavy (non-hydrogen) atoms. The molecule has 0 saturated heterocycles. The van der Waals surface area contributed by atoms with Gasteiger partial charge < -0.3 is 14.9 Å². The molecule has 8 heteroatoms. The number of fused-ring (bicyclic) bond motifs is 2. The van der Waals surface area contributed by atoms with Crippen LogP contribution in [0.5, 0.6) is 0 Å². The van der Waals surface area contributed by atoms with E-state index in [1.54, 1.807) is 12.4 Å². The van der Waals surface area contributed by atoms with Crippen molar-refractivity contribution in [1.29, 1.82) is 0 Å². The van der Waals surface area contributed by atoms with Gasteiger partial charge in [0.25, 0.3) is 0 Å². The normalized spacial score (nSPS) is 14.8. The lowest BCUT2D eigenvalue weighted by Gasteiger charge is -1.96. The quantitative estimate of drug-likeness (QED) is 0.711. The summed E-state index contributed by atoms with van der Waals surface area (Å²) in [5.74, 6) is 3.82. The third kappa shape index (κ3) is 3.73. The lowest BCUT2D eigenvalue weighted by molar-refractivity contribution is 0.746. The van der Waals surface area contributed by atoms with Gasteiger partial charge in [-0.1, -0.05) is 0 Å². The molecule has 130 valence electrons. The average Bonchev–Trinajstić information content (AvgIpc) is 3.31. The molecule has 2 N–H and O–H groups in total. The molecule has 3 aromatic rings. The van der Waals surface area contributed by atoms with Crippen LogP contribution < -0.4 is 5.73 Å². The van der Waals surface area contributed by atoms with Crippen LogP contribution in [-0.4, -0.2) is 29.1 Å². The third-order valence-electron chi connectivity index (χ3n) is 4.40. The van der Waals surface area contributed by atoms with Gasteiger partial charge in [0.15, 0.2) is 0 Å². The summed E-state index contributed by atoms with van der Waals surface area (Å²) in [6, 6.07) is 0. The maximum atomic E-state index is 5.46. The third-order valence-corrected chi connectivity index (χ3v) is 4.81. The van der Waals surface area contributed by atoms with E-state index < -0.39 is 0 Å². The van der Waals surface area contributed by atoms with Crippen molar-refractivity contribution in [2.24, 2.45) is 0 Å². The minimum Gasteiger partial charge on any atom is -0.382 e. The zero-order chi connectivity index (χ0) is 17.2. The van der Waals surface area contributed by atoms with Gasteiger partial charge in [0.1, 0.15) is 23.3 Å². The van der Waals surface area contributed by atoms with E-state index in [9.17, 15) is 0 Å². The number of imidazole rings is 2. The maximum Gasteiger partial charge on any atom is 0.141 e. The Balaban J connectivity index is 0.000000147. The van der Waals surface area contributed by atoms with Crippen LogP contribution in [0.4, 0.5) is 5.82 Å². The standard InChI is InChI=1S/C11H11BrN4.C6H9N3/c12-8-5-13-10(14-6-8)4-9-7-16-3-1-2-11(16)15-9;7-5-4-9-3-1-2-6(9)8-5/h5-7H,1-4H2;4H,1-3,7H2. The van der Waals surface area contributed by atoms with Gasteiger partial charge in [-0.2, -0.15) is 0 Å². The molecular weight excluding hydrogens is 382 g/mol. The summed E-state index contributed by atoms with van der Waals surface area (Å²) in [7, 11) is 0. The van der Waals surface area contributed by atoms with Gasteiger partial charge in [-0.05, 0) is 28.8 Å². The first kappa shape index (κ1) is 16.3. The molecule has 2 aliphatic rings. The molecule has 0 aliphatic carbocycles. The van der Waals surface area contributed by atoms with E-state index in [0.717, 1.165) is 47.7 Å². The summed E-state index contributed by atoms with van der Waals surface area (Å²) in [6.45, 7) is 2.20. The Hall–Kier alpha value is -2.22. The van der Waals surface area contributed by atoms with E-state index in [0.29, 0.717) is 12.2 Å². The lowest BCUT2D eigenvalue weighted by atomic mass is 10.3. The molecule has 0 radical (unpaired) electrons. The molecule has 0 saturated carbocycles. The van der Waals surface area contributed by atoms with E-state index in [2.05, 4.69) is 51.2 Å². The Labute approximate surface area is 154 Å². The number of halogens is 1. The number of anilines is 1. The molecule has 5 rings (SSSR count). The first-order valence-corrected chi connectivity index (χ1v) is 9.29. The first-order chi connectivity index (χ1) is 12.2. The zero-order valence-corrected chi connectivity index (χ0v) is 15.5. The van der Waals surface area contributed by atoms with Crippen molar-refractivity contribution in [1.82, 2.24) is 29.1 Å². The molecule has 0 spiro atoms. The van der Waals surface area contributed by atoms with Gasteiger partial charge in [-0.3, -0.25) is 0 Å². The van der Waals surface area contributed by atoms with Crippen molar-refractivity contribution in [3.05, 3.63) is 52.4 Å². The molecule has 2 aliphatic heterocycles. The molecule has 0 aromatic carbocycles. The largest absolute Gasteiger partial charge is 0.382 e. The number of rotatable bonds is 2. The predicted molar refractivity (Wildman–Crippen MR) is 98.0 cm³/mol. The highest BCUT2D eigenvalue weighted by atomic mass is 79.9. The van der Waals surface area contributed by atoms with Crippen LogP contribution in [0.15, 0.2) is 29.3 Å². The van der Waals surface area contributed by atoms with Crippen LogP contribution in [0.3, 0.4) is 0 Å². The molecule has 3 aromatic heterocycles. The Bertz CT molecular complexity index is 823. The van der Waals surface area contributed by atoms with Gasteiger partial charge in [-0.15, -0.1) is 0 Å². The molecular formula is C17H20BrN7. The first-order valence-electron chi connectivity index (χ1n) is 8.50. The smallest absolute Gasteiger partial charge is 0.141 e. The van der Waals surface area contributed by atoms with Crippen molar-refractivity contribution in [2.75, 3.05) is 5.73 Å². The van der Waals surface area contributed by atoms with Crippen LogP contribution >= 0.6 is 15.9 Å². The molecule has 0 fully saturated rings. The van der Waals surface area contributed by atoms with Crippen molar-refractivity contribution in [3.8, 4) is 0 Å². The Morgan fingerprint density at radius 1 is 0.960 bits per heavy atom. The Morgan fingerprint density at radius 3 is 2.24 bits per heavy atom. The molecule has 7 nitrogen and oxygen atoms in total. The fraction of sp³-hybridized carbons (Fsp3) is 0.412. The molecule has 0 unspecified atom stereocenters. The highest BCUT2D eigenvalue weighted by Crippen LogP contribution is 2.16. The summed E-state index contributed by atoms with van der Waals surface area (Å²) in [5, 5.41) is 0. The number of hydrogen-bond donors (Lipinski definition) is 1. The second kappa shape index (κ2) is 6.95. The van der Waals surface area contributed by atoms with E-state index in [4.69, 9.17) is 5.73 Å². The molecule has 0 atom stereocenters. The number of aryl methyl sites for hydroxylation is 4. The van der Waals surface area contributed by atoms with Crippen LogP contribution in [0, 0.1) is 0 Å². The maximum absolute atomic E-state index is 5.46. The molecule has 5 heterocycles. The second-order valence-corrected chi connectivity index (χ2v) is 7.23. The van der Waals surface area contributed by atoms with Crippen LogP contribution in [0.25, 0.3) is 0 Å². The minimum atomic E-state index is 0.657. The average molecular weight is 402 g/mol. The molecule has 0 amide bonds. The summed E-state index contributed by atoms with van der Waals surface area (Å²) >= 11 is 3.32. The van der Waals surface area contributed by atoms with E-state index in [-0.39, 0.29) is 0 Å². The minimum absolute atomic E-state index is 0.657. The molecule has 0 bridgehead atoms. The fourth-order valence-corrected chi connectivity index (χ4v) is 3.47. The van der Waals surface area contributed by atoms with Gasteiger partial charge in [0, 0.05) is 50.7 Å².